The highest BCUT2D eigenvalue weighted by Gasteiger charge is 2.55. The zero-order valence-electron chi connectivity index (χ0n) is 19.7. The van der Waals surface area contributed by atoms with Gasteiger partial charge in [-0.25, -0.2) is 4.79 Å². The van der Waals surface area contributed by atoms with E-state index in [0.717, 1.165) is 36.2 Å². The molecule has 2 aromatic rings. The molecule has 1 saturated carbocycles. The van der Waals surface area contributed by atoms with E-state index in [1.807, 2.05) is 31.2 Å². The molecule has 4 rings (SSSR count). The predicted octanol–water partition coefficient (Wildman–Crippen LogP) is 3.30. The average molecular weight is 453 g/mol. The number of fused-ring (bicyclic) bond motifs is 1. The summed E-state index contributed by atoms with van der Waals surface area (Å²) in [6, 6.07) is 19.3. The Morgan fingerprint density at radius 3 is 2.39 bits per heavy atom. The van der Waals surface area contributed by atoms with Crippen molar-refractivity contribution >= 4 is 5.97 Å². The van der Waals surface area contributed by atoms with Gasteiger partial charge < -0.3 is 19.5 Å². The van der Waals surface area contributed by atoms with E-state index in [-0.39, 0.29) is 5.97 Å². The molecule has 0 bridgehead atoms. The lowest BCUT2D eigenvalue weighted by molar-refractivity contribution is -0.156. The molecular weight excluding hydrogens is 416 g/mol. The SMILES string of the molecule is CCOC(=O)[C@H](Cc1ccc(OCCNC2C3CN(Cc4ccccc4)C[C@@H]32)cc1)OCC. The molecule has 1 heterocycles. The van der Waals surface area contributed by atoms with Crippen LogP contribution in [0.25, 0.3) is 0 Å². The number of likely N-dealkylation sites (tertiary alicyclic amines) is 1. The second-order valence-corrected chi connectivity index (χ2v) is 8.88. The third-order valence-corrected chi connectivity index (χ3v) is 6.53. The highest BCUT2D eigenvalue weighted by Crippen LogP contribution is 2.45. The van der Waals surface area contributed by atoms with Crippen LogP contribution in [0.3, 0.4) is 0 Å². The van der Waals surface area contributed by atoms with Crippen LogP contribution in [0.15, 0.2) is 54.6 Å². The van der Waals surface area contributed by atoms with Crippen LogP contribution in [0.5, 0.6) is 5.75 Å². The van der Waals surface area contributed by atoms with Crippen molar-refractivity contribution in [2.24, 2.45) is 11.8 Å². The van der Waals surface area contributed by atoms with E-state index in [0.29, 0.717) is 32.3 Å². The van der Waals surface area contributed by atoms with E-state index in [9.17, 15) is 4.79 Å². The smallest absolute Gasteiger partial charge is 0.335 e. The van der Waals surface area contributed by atoms with Crippen LogP contribution >= 0.6 is 0 Å². The second kappa shape index (κ2) is 11.6. The summed E-state index contributed by atoms with van der Waals surface area (Å²) in [6.45, 7) is 9.46. The molecule has 1 aliphatic carbocycles. The Kier molecular flexibility index (Phi) is 8.37. The number of nitrogens with one attached hydrogen (secondary N) is 1. The van der Waals surface area contributed by atoms with Gasteiger partial charge in [0.1, 0.15) is 12.4 Å². The van der Waals surface area contributed by atoms with E-state index in [2.05, 4.69) is 40.5 Å². The molecule has 2 fully saturated rings. The Morgan fingerprint density at radius 1 is 1.00 bits per heavy atom. The van der Waals surface area contributed by atoms with Crippen molar-refractivity contribution < 1.29 is 19.0 Å². The van der Waals surface area contributed by atoms with Crippen LogP contribution in [0, 0.1) is 11.8 Å². The summed E-state index contributed by atoms with van der Waals surface area (Å²) in [5.41, 5.74) is 2.43. The molecule has 33 heavy (non-hydrogen) atoms. The monoisotopic (exact) mass is 452 g/mol. The maximum absolute atomic E-state index is 12.0. The fourth-order valence-corrected chi connectivity index (χ4v) is 4.86. The normalized spacial score (nSPS) is 22.5. The topological polar surface area (TPSA) is 60.0 Å². The van der Waals surface area contributed by atoms with Crippen molar-refractivity contribution in [3.63, 3.8) is 0 Å². The molecule has 178 valence electrons. The molecule has 0 aromatic heterocycles. The fraction of sp³-hybridized carbons (Fsp3) is 0.519. The van der Waals surface area contributed by atoms with Crippen molar-refractivity contribution in [1.29, 1.82) is 0 Å². The molecular formula is C27H36N2O4. The molecule has 0 radical (unpaired) electrons. The maximum Gasteiger partial charge on any atom is 0.335 e. The van der Waals surface area contributed by atoms with Gasteiger partial charge in [-0.2, -0.15) is 0 Å². The van der Waals surface area contributed by atoms with E-state index in [1.54, 1.807) is 6.92 Å². The van der Waals surface area contributed by atoms with Crippen LogP contribution in [0.1, 0.15) is 25.0 Å². The number of piperidine rings is 1. The summed E-state index contributed by atoms with van der Waals surface area (Å²) in [4.78, 5) is 14.6. The Labute approximate surface area is 197 Å². The Balaban J connectivity index is 1.12. The Hall–Kier alpha value is -2.41. The minimum absolute atomic E-state index is 0.307. The maximum atomic E-state index is 12.0. The number of rotatable bonds is 13. The summed E-state index contributed by atoms with van der Waals surface area (Å²) in [6.07, 6.45) is -0.0622. The number of hydrogen-bond acceptors (Lipinski definition) is 6. The van der Waals surface area contributed by atoms with Crippen LogP contribution in [0.2, 0.25) is 0 Å². The van der Waals surface area contributed by atoms with Gasteiger partial charge >= 0.3 is 5.97 Å². The first-order chi connectivity index (χ1) is 16.2. The average Bonchev–Trinajstić information content (AvgIpc) is 3.28. The summed E-state index contributed by atoms with van der Waals surface area (Å²) in [7, 11) is 0. The zero-order chi connectivity index (χ0) is 23.0. The quantitative estimate of drug-likeness (QED) is 0.372. The van der Waals surface area contributed by atoms with Crippen molar-refractivity contribution in [3.05, 3.63) is 65.7 Å². The summed E-state index contributed by atoms with van der Waals surface area (Å²) in [5, 5.41) is 3.67. The number of nitrogens with zero attached hydrogens (tertiary/aromatic N) is 1. The summed E-state index contributed by atoms with van der Waals surface area (Å²) in [5.74, 6) is 2.10. The fourth-order valence-electron chi connectivity index (χ4n) is 4.86. The zero-order valence-corrected chi connectivity index (χ0v) is 19.7. The number of ether oxygens (including phenoxy) is 3. The molecule has 6 nitrogen and oxygen atoms in total. The van der Waals surface area contributed by atoms with Gasteiger partial charge in [0.2, 0.25) is 0 Å². The molecule has 1 aliphatic heterocycles. The first-order valence-corrected chi connectivity index (χ1v) is 12.2. The molecule has 2 unspecified atom stereocenters. The minimum Gasteiger partial charge on any atom is -0.492 e. The Morgan fingerprint density at radius 2 is 1.73 bits per heavy atom. The van der Waals surface area contributed by atoms with E-state index in [4.69, 9.17) is 14.2 Å². The number of esters is 1. The molecule has 6 heteroatoms. The van der Waals surface area contributed by atoms with E-state index < -0.39 is 6.10 Å². The predicted molar refractivity (Wildman–Crippen MR) is 128 cm³/mol. The number of hydrogen-bond donors (Lipinski definition) is 1. The van der Waals surface area contributed by atoms with E-state index >= 15 is 0 Å². The molecule has 1 N–H and O–H groups in total. The van der Waals surface area contributed by atoms with Crippen LogP contribution < -0.4 is 10.1 Å². The standard InChI is InChI=1S/C27H36N2O4/c1-3-31-25(27(30)32-4-2)16-20-10-12-22(13-11-20)33-15-14-28-26-23-18-29(19-24(23)26)17-21-8-6-5-7-9-21/h5-13,23-26,28H,3-4,14-19H2,1-2H3/t23-,24?,25-,26?/m0/s1. The van der Waals surface area contributed by atoms with Crippen LogP contribution in [-0.2, 0) is 27.2 Å². The van der Waals surface area contributed by atoms with Gasteiger partial charge in [0.05, 0.1) is 6.61 Å². The Bertz CT molecular complexity index is 861. The summed E-state index contributed by atoms with van der Waals surface area (Å²) < 4.78 is 16.6. The lowest BCUT2D eigenvalue weighted by Crippen LogP contribution is -2.33. The van der Waals surface area contributed by atoms with Crippen molar-refractivity contribution in [1.82, 2.24) is 10.2 Å². The van der Waals surface area contributed by atoms with Gasteiger partial charge in [0.25, 0.3) is 0 Å². The van der Waals surface area contributed by atoms with Gasteiger partial charge in [0.15, 0.2) is 6.10 Å². The number of carbonyl (C=O) groups excluding carboxylic acids is 1. The number of carbonyl (C=O) groups is 1. The van der Waals surface area contributed by atoms with E-state index in [1.165, 1.54) is 18.7 Å². The molecule has 1 saturated heterocycles. The summed E-state index contributed by atoms with van der Waals surface area (Å²) >= 11 is 0. The first-order valence-electron chi connectivity index (χ1n) is 12.2. The van der Waals surface area contributed by atoms with Crippen molar-refractivity contribution in [2.75, 3.05) is 39.5 Å². The first kappa shape index (κ1) is 23.7. The highest BCUT2D eigenvalue weighted by atomic mass is 16.6. The van der Waals surface area contributed by atoms with Gasteiger partial charge in [-0.05, 0) is 48.9 Å². The third kappa shape index (κ3) is 6.56. The second-order valence-electron chi connectivity index (χ2n) is 8.88. The van der Waals surface area contributed by atoms with Crippen LogP contribution in [-0.4, -0.2) is 62.5 Å². The minimum atomic E-state index is -0.562. The molecule has 0 amide bonds. The van der Waals surface area contributed by atoms with Gasteiger partial charge in [-0.1, -0.05) is 42.5 Å². The molecule has 0 spiro atoms. The molecule has 2 aromatic carbocycles. The van der Waals surface area contributed by atoms with Crippen molar-refractivity contribution in [2.45, 2.75) is 39.0 Å². The third-order valence-electron chi connectivity index (χ3n) is 6.53. The molecule has 4 atom stereocenters. The van der Waals surface area contributed by atoms with Crippen LogP contribution in [0.4, 0.5) is 0 Å². The lowest BCUT2D eigenvalue weighted by atomic mass is 10.1. The lowest BCUT2D eigenvalue weighted by Gasteiger charge is -2.20. The van der Waals surface area contributed by atoms with Gasteiger partial charge in [-0.3, -0.25) is 4.90 Å². The van der Waals surface area contributed by atoms with Gasteiger partial charge in [0, 0.05) is 45.2 Å². The number of benzene rings is 2. The van der Waals surface area contributed by atoms with Crippen molar-refractivity contribution in [3.8, 4) is 5.75 Å². The highest BCUT2D eigenvalue weighted by molar-refractivity contribution is 5.75. The molecule has 2 aliphatic rings. The largest absolute Gasteiger partial charge is 0.492 e. The van der Waals surface area contributed by atoms with Gasteiger partial charge in [-0.15, -0.1) is 0 Å².